The molecule has 0 amide bonds. The standard InChI is InChI=1S/C12H17NO/c1-14-10-12-8-5-9-13(12)11-6-3-2-4-7-11/h2-4,6-7,12H,5,8-10H2,1H3. The Morgan fingerprint density at radius 2 is 2.14 bits per heavy atom. The molecule has 1 unspecified atom stereocenters. The van der Waals surface area contributed by atoms with Crippen molar-refractivity contribution in [2.24, 2.45) is 0 Å². The van der Waals surface area contributed by atoms with E-state index in [4.69, 9.17) is 4.74 Å². The quantitative estimate of drug-likeness (QED) is 0.727. The third kappa shape index (κ3) is 1.90. The van der Waals surface area contributed by atoms with Crippen LogP contribution < -0.4 is 4.90 Å². The van der Waals surface area contributed by atoms with Gasteiger partial charge >= 0.3 is 0 Å². The first-order valence-electron chi connectivity index (χ1n) is 5.22. The Morgan fingerprint density at radius 1 is 1.36 bits per heavy atom. The summed E-state index contributed by atoms with van der Waals surface area (Å²) in [5, 5.41) is 0. The smallest absolute Gasteiger partial charge is 0.0666 e. The summed E-state index contributed by atoms with van der Waals surface area (Å²) in [6.07, 6.45) is 2.53. The van der Waals surface area contributed by atoms with Crippen LogP contribution in [0.15, 0.2) is 30.3 Å². The first-order chi connectivity index (χ1) is 6.92. The van der Waals surface area contributed by atoms with E-state index in [1.54, 1.807) is 7.11 Å². The van der Waals surface area contributed by atoms with Crippen LogP contribution in [-0.2, 0) is 4.74 Å². The van der Waals surface area contributed by atoms with Crippen LogP contribution in [0.25, 0.3) is 0 Å². The van der Waals surface area contributed by atoms with E-state index >= 15 is 0 Å². The highest BCUT2D eigenvalue weighted by molar-refractivity contribution is 5.48. The number of hydrogen-bond donors (Lipinski definition) is 0. The van der Waals surface area contributed by atoms with Crippen LogP contribution in [0.4, 0.5) is 5.69 Å². The normalized spacial score (nSPS) is 21.5. The minimum Gasteiger partial charge on any atom is -0.383 e. The van der Waals surface area contributed by atoms with Crippen molar-refractivity contribution in [3.05, 3.63) is 30.3 Å². The topological polar surface area (TPSA) is 12.5 Å². The maximum Gasteiger partial charge on any atom is 0.0666 e. The second-order valence-electron chi connectivity index (χ2n) is 3.78. The summed E-state index contributed by atoms with van der Waals surface area (Å²) in [4.78, 5) is 2.45. The molecular formula is C12H17NO. The van der Waals surface area contributed by atoms with Crippen LogP contribution in [-0.4, -0.2) is 26.3 Å². The van der Waals surface area contributed by atoms with Gasteiger partial charge in [0.1, 0.15) is 0 Å². The molecule has 2 rings (SSSR count). The summed E-state index contributed by atoms with van der Waals surface area (Å²) in [6.45, 7) is 2.01. The maximum atomic E-state index is 5.24. The fourth-order valence-electron chi connectivity index (χ4n) is 2.16. The Morgan fingerprint density at radius 3 is 2.86 bits per heavy atom. The Bertz CT molecular complexity index is 273. The number of methoxy groups -OCH3 is 1. The number of nitrogens with zero attached hydrogens (tertiary/aromatic N) is 1. The lowest BCUT2D eigenvalue weighted by molar-refractivity contribution is 0.181. The van der Waals surface area contributed by atoms with Gasteiger partial charge in [-0.2, -0.15) is 0 Å². The maximum absolute atomic E-state index is 5.24. The molecule has 2 heteroatoms. The predicted molar refractivity (Wildman–Crippen MR) is 58.7 cm³/mol. The van der Waals surface area contributed by atoms with Crippen LogP contribution in [0.3, 0.4) is 0 Å². The second kappa shape index (κ2) is 4.47. The molecule has 1 aliphatic heterocycles. The van der Waals surface area contributed by atoms with E-state index in [0.717, 1.165) is 13.2 Å². The third-order valence-corrected chi connectivity index (χ3v) is 2.82. The zero-order valence-corrected chi connectivity index (χ0v) is 8.65. The molecule has 2 nitrogen and oxygen atoms in total. The summed E-state index contributed by atoms with van der Waals surface area (Å²) in [5.41, 5.74) is 1.33. The fourth-order valence-corrected chi connectivity index (χ4v) is 2.16. The largest absolute Gasteiger partial charge is 0.383 e. The van der Waals surface area contributed by atoms with E-state index < -0.39 is 0 Å². The highest BCUT2D eigenvalue weighted by Crippen LogP contribution is 2.24. The Kier molecular flexibility index (Phi) is 3.04. The Labute approximate surface area is 85.5 Å². The van der Waals surface area contributed by atoms with E-state index in [1.807, 2.05) is 0 Å². The molecule has 0 N–H and O–H groups in total. The molecule has 0 radical (unpaired) electrons. The van der Waals surface area contributed by atoms with E-state index in [2.05, 4.69) is 35.2 Å². The van der Waals surface area contributed by atoms with Gasteiger partial charge < -0.3 is 9.64 Å². The predicted octanol–water partition coefficient (Wildman–Crippen LogP) is 2.30. The van der Waals surface area contributed by atoms with Crippen LogP contribution in [0.5, 0.6) is 0 Å². The molecule has 0 bridgehead atoms. The van der Waals surface area contributed by atoms with Gasteiger partial charge in [0.25, 0.3) is 0 Å². The summed E-state index contributed by atoms with van der Waals surface area (Å²) in [6, 6.07) is 11.2. The molecule has 76 valence electrons. The van der Waals surface area contributed by atoms with Gasteiger partial charge in [-0.3, -0.25) is 0 Å². The summed E-state index contributed by atoms with van der Waals surface area (Å²) in [5.74, 6) is 0. The second-order valence-corrected chi connectivity index (χ2v) is 3.78. The van der Waals surface area contributed by atoms with Crippen LogP contribution >= 0.6 is 0 Å². The number of para-hydroxylation sites is 1. The molecule has 1 fully saturated rings. The van der Waals surface area contributed by atoms with Crippen LogP contribution in [0, 0.1) is 0 Å². The highest BCUT2D eigenvalue weighted by atomic mass is 16.5. The first kappa shape index (κ1) is 9.53. The first-order valence-corrected chi connectivity index (χ1v) is 5.22. The molecule has 0 aromatic heterocycles. The molecule has 1 aromatic carbocycles. The van der Waals surface area contributed by atoms with Crippen molar-refractivity contribution in [3.8, 4) is 0 Å². The molecule has 1 heterocycles. The van der Waals surface area contributed by atoms with Crippen LogP contribution in [0.2, 0.25) is 0 Å². The van der Waals surface area contributed by atoms with Crippen molar-refractivity contribution in [3.63, 3.8) is 0 Å². The van der Waals surface area contributed by atoms with Gasteiger partial charge in [-0.05, 0) is 25.0 Å². The lowest BCUT2D eigenvalue weighted by Gasteiger charge is -2.26. The molecule has 1 aromatic rings. The monoisotopic (exact) mass is 191 g/mol. The Balaban J connectivity index is 2.10. The average molecular weight is 191 g/mol. The van der Waals surface area contributed by atoms with Gasteiger partial charge in [-0.15, -0.1) is 0 Å². The zero-order chi connectivity index (χ0) is 9.80. The summed E-state index contributed by atoms with van der Waals surface area (Å²) in [7, 11) is 1.78. The Hall–Kier alpha value is -1.02. The molecule has 14 heavy (non-hydrogen) atoms. The van der Waals surface area contributed by atoms with Crippen molar-refractivity contribution < 1.29 is 4.74 Å². The van der Waals surface area contributed by atoms with Gasteiger partial charge in [-0.1, -0.05) is 18.2 Å². The molecule has 0 aliphatic carbocycles. The molecule has 1 atom stereocenters. The van der Waals surface area contributed by atoms with Gasteiger partial charge in [0, 0.05) is 19.3 Å². The highest BCUT2D eigenvalue weighted by Gasteiger charge is 2.23. The van der Waals surface area contributed by atoms with Crippen LogP contribution in [0.1, 0.15) is 12.8 Å². The SMILES string of the molecule is COCC1CCCN1c1ccccc1. The zero-order valence-electron chi connectivity index (χ0n) is 8.65. The van der Waals surface area contributed by atoms with E-state index in [-0.39, 0.29) is 0 Å². The van der Waals surface area contributed by atoms with E-state index in [9.17, 15) is 0 Å². The van der Waals surface area contributed by atoms with Crippen molar-refractivity contribution in [1.82, 2.24) is 0 Å². The summed E-state index contributed by atoms with van der Waals surface area (Å²) >= 11 is 0. The van der Waals surface area contributed by atoms with Gasteiger partial charge in [0.05, 0.1) is 12.6 Å². The van der Waals surface area contributed by atoms with E-state index in [1.165, 1.54) is 18.5 Å². The molecule has 0 spiro atoms. The van der Waals surface area contributed by atoms with E-state index in [0.29, 0.717) is 6.04 Å². The number of anilines is 1. The van der Waals surface area contributed by atoms with Crippen molar-refractivity contribution >= 4 is 5.69 Å². The minimum atomic E-state index is 0.572. The van der Waals surface area contributed by atoms with Crippen molar-refractivity contribution in [1.29, 1.82) is 0 Å². The van der Waals surface area contributed by atoms with Gasteiger partial charge in [-0.25, -0.2) is 0 Å². The van der Waals surface area contributed by atoms with Gasteiger partial charge in [0.2, 0.25) is 0 Å². The molecule has 0 saturated carbocycles. The fraction of sp³-hybridized carbons (Fsp3) is 0.500. The number of hydrogen-bond acceptors (Lipinski definition) is 2. The third-order valence-electron chi connectivity index (χ3n) is 2.82. The lowest BCUT2D eigenvalue weighted by atomic mass is 10.2. The molecule has 1 aliphatic rings. The lowest BCUT2D eigenvalue weighted by Crippen LogP contribution is -2.32. The summed E-state index contributed by atoms with van der Waals surface area (Å²) < 4.78 is 5.24. The number of ether oxygens (including phenoxy) is 1. The van der Waals surface area contributed by atoms with Crippen molar-refractivity contribution in [2.75, 3.05) is 25.2 Å². The number of benzene rings is 1. The van der Waals surface area contributed by atoms with Gasteiger partial charge in [0.15, 0.2) is 0 Å². The average Bonchev–Trinajstić information content (AvgIpc) is 2.68. The molecular weight excluding hydrogens is 174 g/mol. The minimum absolute atomic E-state index is 0.572. The number of rotatable bonds is 3. The van der Waals surface area contributed by atoms with Crippen molar-refractivity contribution in [2.45, 2.75) is 18.9 Å². The molecule has 1 saturated heterocycles.